The van der Waals surface area contributed by atoms with Crippen LogP contribution in [0.25, 0.3) is 0 Å². The summed E-state index contributed by atoms with van der Waals surface area (Å²) in [6, 6.07) is 8.09. The first-order valence-corrected chi connectivity index (χ1v) is 8.25. The Hall–Kier alpha value is -0.610. The van der Waals surface area contributed by atoms with Crippen molar-refractivity contribution in [1.29, 1.82) is 0 Å². The van der Waals surface area contributed by atoms with Crippen molar-refractivity contribution in [2.45, 2.75) is 32.4 Å². The number of hydrogen-bond acceptors (Lipinski definition) is 3. The standard InChI is InChI=1S/C17H27ClN2O/c1-4-20-10-9-16(13(2)11-20)19(3)12-17(21)14-7-5-6-8-15(14)18/h5-8,13,16-17,21H,4,9-12H2,1-3H3. The van der Waals surface area contributed by atoms with E-state index in [4.69, 9.17) is 11.6 Å². The van der Waals surface area contributed by atoms with E-state index in [0.717, 1.165) is 25.2 Å². The van der Waals surface area contributed by atoms with Crippen molar-refractivity contribution in [1.82, 2.24) is 9.80 Å². The highest BCUT2D eigenvalue weighted by atomic mass is 35.5. The Morgan fingerprint density at radius 2 is 2.14 bits per heavy atom. The normalized spacial score (nSPS) is 25.2. The number of aliphatic hydroxyl groups excluding tert-OH is 1. The predicted octanol–water partition coefficient (Wildman–Crippen LogP) is 3.04. The first kappa shape index (κ1) is 16.8. The molecule has 0 saturated carbocycles. The lowest BCUT2D eigenvalue weighted by Gasteiger charge is -2.41. The Labute approximate surface area is 133 Å². The van der Waals surface area contributed by atoms with Crippen LogP contribution in [0, 0.1) is 5.92 Å². The lowest BCUT2D eigenvalue weighted by molar-refractivity contribution is 0.0464. The van der Waals surface area contributed by atoms with E-state index >= 15 is 0 Å². The second-order valence-electron chi connectivity index (χ2n) is 6.20. The maximum absolute atomic E-state index is 10.5. The molecule has 1 heterocycles. The zero-order valence-electron chi connectivity index (χ0n) is 13.3. The van der Waals surface area contributed by atoms with Crippen LogP contribution in [-0.2, 0) is 0 Å². The van der Waals surface area contributed by atoms with Gasteiger partial charge in [0.2, 0.25) is 0 Å². The van der Waals surface area contributed by atoms with E-state index in [-0.39, 0.29) is 0 Å². The summed E-state index contributed by atoms with van der Waals surface area (Å²) in [5.41, 5.74) is 0.824. The molecule has 3 unspecified atom stereocenters. The van der Waals surface area contributed by atoms with E-state index in [2.05, 4.69) is 30.7 Å². The number of aliphatic hydroxyl groups is 1. The Morgan fingerprint density at radius 3 is 2.76 bits per heavy atom. The summed E-state index contributed by atoms with van der Waals surface area (Å²) in [6.45, 7) is 8.59. The van der Waals surface area contributed by atoms with Crippen molar-refractivity contribution in [3.63, 3.8) is 0 Å². The van der Waals surface area contributed by atoms with Crippen LogP contribution in [0.4, 0.5) is 0 Å². The highest BCUT2D eigenvalue weighted by molar-refractivity contribution is 6.31. The molecule has 3 atom stereocenters. The summed E-state index contributed by atoms with van der Waals surface area (Å²) >= 11 is 6.17. The first-order valence-electron chi connectivity index (χ1n) is 7.88. The molecule has 1 aromatic rings. The fourth-order valence-electron chi connectivity index (χ4n) is 3.41. The number of piperidine rings is 1. The van der Waals surface area contributed by atoms with Crippen LogP contribution in [-0.4, -0.2) is 54.2 Å². The second-order valence-corrected chi connectivity index (χ2v) is 6.61. The van der Waals surface area contributed by atoms with Gasteiger partial charge in [0.25, 0.3) is 0 Å². The third-order valence-corrected chi connectivity index (χ3v) is 5.03. The van der Waals surface area contributed by atoms with Crippen molar-refractivity contribution in [2.75, 3.05) is 33.2 Å². The Kier molecular flexibility index (Phi) is 6.06. The molecule has 1 saturated heterocycles. The van der Waals surface area contributed by atoms with E-state index in [9.17, 15) is 5.11 Å². The van der Waals surface area contributed by atoms with Crippen LogP contribution < -0.4 is 0 Å². The molecule has 0 amide bonds. The molecule has 3 nitrogen and oxygen atoms in total. The van der Waals surface area contributed by atoms with Gasteiger partial charge in [-0.1, -0.05) is 43.6 Å². The van der Waals surface area contributed by atoms with Gasteiger partial charge in [-0.15, -0.1) is 0 Å². The van der Waals surface area contributed by atoms with Gasteiger partial charge in [0, 0.05) is 29.7 Å². The van der Waals surface area contributed by atoms with Gasteiger partial charge in [-0.25, -0.2) is 0 Å². The van der Waals surface area contributed by atoms with Gasteiger partial charge >= 0.3 is 0 Å². The molecule has 1 aliphatic rings. The number of rotatable bonds is 5. The van der Waals surface area contributed by atoms with Gasteiger partial charge in [-0.2, -0.15) is 0 Å². The number of hydrogen-bond donors (Lipinski definition) is 1. The largest absolute Gasteiger partial charge is 0.387 e. The molecular formula is C17H27ClN2O. The van der Waals surface area contributed by atoms with Gasteiger partial charge in [-0.05, 0) is 38.5 Å². The average Bonchev–Trinajstić information content (AvgIpc) is 2.47. The molecule has 1 fully saturated rings. The highest BCUT2D eigenvalue weighted by Gasteiger charge is 2.29. The third-order valence-electron chi connectivity index (χ3n) is 4.68. The number of likely N-dealkylation sites (N-methyl/N-ethyl adjacent to an activating group) is 1. The quantitative estimate of drug-likeness (QED) is 0.905. The fourth-order valence-corrected chi connectivity index (χ4v) is 3.68. The number of likely N-dealkylation sites (tertiary alicyclic amines) is 1. The van der Waals surface area contributed by atoms with Crippen LogP contribution >= 0.6 is 11.6 Å². The van der Waals surface area contributed by atoms with Crippen molar-refractivity contribution in [3.05, 3.63) is 34.9 Å². The minimum absolute atomic E-state index is 0.528. The van der Waals surface area contributed by atoms with Crippen LogP contribution in [0.3, 0.4) is 0 Å². The summed E-state index contributed by atoms with van der Waals surface area (Å²) in [4.78, 5) is 4.80. The molecule has 4 heteroatoms. The summed E-state index contributed by atoms with van der Waals surface area (Å²) in [5, 5.41) is 11.1. The number of benzene rings is 1. The molecule has 2 rings (SSSR count). The summed E-state index contributed by atoms with van der Waals surface area (Å²) in [7, 11) is 2.11. The van der Waals surface area contributed by atoms with E-state index in [1.54, 1.807) is 0 Å². The molecule has 1 aliphatic heterocycles. The molecule has 0 spiro atoms. The summed E-state index contributed by atoms with van der Waals surface area (Å²) in [6.07, 6.45) is 0.640. The molecule has 118 valence electrons. The van der Waals surface area contributed by atoms with Gasteiger partial charge in [-0.3, -0.25) is 0 Å². The molecule has 0 aliphatic carbocycles. The smallest absolute Gasteiger partial charge is 0.0931 e. The van der Waals surface area contributed by atoms with Crippen molar-refractivity contribution < 1.29 is 5.11 Å². The minimum atomic E-state index is -0.528. The van der Waals surface area contributed by atoms with E-state index in [1.807, 2.05) is 24.3 Å². The molecular weight excluding hydrogens is 284 g/mol. The number of nitrogens with zero attached hydrogens (tertiary/aromatic N) is 2. The maximum atomic E-state index is 10.5. The molecule has 0 aromatic heterocycles. The Balaban J connectivity index is 1.95. The summed E-state index contributed by atoms with van der Waals surface area (Å²) < 4.78 is 0. The lowest BCUT2D eigenvalue weighted by Crippen LogP contribution is -2.49. The van der Waals surface area contributed by atoms with Crippen LogP contribution in [0.1, 0.15) is 31.9 Å². The van der Waals surface area contributed by atoms with Crippen molar-refractivity contribution in [3.8, 4) is 0 Å². The van der Waals surface area contributed by atoms with Crippen molar-refractivity contribution >= 4 is 11.6 Å². The van der Waals surface area contributed by atoms with Crippen LogP contribution in [0.2, 0.25) is 5.02 Å². The zero-order chi connectivity index (χ0) is 15.4. The van der Waals surface area contributed by atoms with E-state index < -0.39 is 6.10 Å². The second kappa shape index (κ2) is 7.59. The molecule has 1 aromatic carbocycles. The average molecular weight is 311 g/mol. The minimum Gasteiger partial charge on any atom is -0.387 e. The fraction of sp³-hybridized carbons (Fsp3) is 0.647. The maximum Gasteiger partial charge on any atom is 0.0931 e. The predicted molar refractivity (Wildman–Crippen MR) is 88.7 cm³/mol. The first-order chi connectivity index (χ1) is 10.0. The number of halogens is 1. The molecule has 1 N–H and O–H groups in total. The van der Waals surface area contributed by atoms with E-state index in [0.29, 0.717) is 23.5 Å². The Morgan fingerprint density at radius 1 is 1.43 bits per heavy atom. The molecule has 0 bridgehead atoms. The Bertz CT molecular complexity index is 454. The van der Waals surface area contributed by atoms with Gasteiger partial charge in [0.1, 0.15) is 0 Å². The summed E-state index contributed by atoms with van der Waals surface area (Å²) in [5.74, 6) is 0.627. The molecule has 0 radical (unpaired) electrons. The third kappa shape index (κ3) is 4.19. The monoisotopic (exact) mass is 310 g/mol. The van der Waals surface area contributed by atoms with Crippen molar-refractivity contribution in [2.24, 2.45) is 5.92 Å². The van der Waals surface area contributed by atoms with Gasteiger partial charge in [0.05, 0.1) is 6.10 Å². The lowest BCUT2D eigenvalue weighted by atomic mass is 9.92. The molecule has 21 heavy (non-hydrogen) atoms. The van der Waals surface area contributed by atoms with Gasteiger partial charge < -0.3 is 14.9 Å². The van der Waals surface area contributed by atoms with E-state index in [1.165, 1.54) is 6.42 Å². The SMILES string of the molecule is CCN1CCC(N(C)CC(O)c2ccccc2Cl)C(C)C1. The topological polar surface area (TPSA) is 26.7 Å². The van der Waals surface area contributed by atoms with Crippen LogP contribution in [0.5, 0.6) is 0 Å². The van der Waals surface area contributed by atoms with Gasteiger partial charge in [0.15, 0.2) is 0 Å². The van der Waals surface area contributed by atoms with Crippen LogP contribution in [0.15, 0.2) is 24.3 Å². The zero-order valence-corrected chi connectivity index (χ0v) is 14.1. The highest BCUT2D eigenvalue weighted by Crippen LogP contribution is 2.26.